The summed E-state index contributed by atoms with van der Waals surface area (Å²) in [6.45, 7) is 9.45. The molecular formula is C29H60. The Kier molecular flexibility index (Phi) is 24.3. The standard InChI is InChI=1S/C29H60/c1-5-28(3)26-24-22-20-18-16-14-12-10-8-7-9-11-13-15-17-19-21-23-25-27-29(4)6-2/h28-29H,5-27H2,1-4H3. The molecule has 0 aromatic heterocycles. The van der Waals surface area contributed by atoms with E-state index in [2.05, 4.69) is 27.7 Å². The minimum Gasteiger partial charge on any atom is -0.0651 e. The molecule has 0 nitrogen and oxygen atoms in total. The highest BCUT2D eigenvalue weighted by Gasteiger charge is 1.99. The molecule has 0 aromatic carbocycles. The van der Waals surface area contributed by atoms with E-state index in [1.165, 1.54) is 148 Å². The highest BCUT2D eigenvalue weighted by atomic mass is 14.1. The predicted octanol–water partition coefficient (Wildman–Crippen LogP) is 11.3. The van der Waals surface area contributed by atoms with Gasteiger partial charge in [0.1, 0.15) is 0 Å². The molecule has 0 heterocycles. The minimum atomic E-state index is 0.948. The lowest BCUT2D eigenvalue weighted by Gasteiger charge is -2.07. The molecule has 0 saturated heterocycles. The van der Waals surface area contributed by atoms with Crippen molar-refractivity contribution in [1.82, 2.24) is 0 Å². The van der Waals surface area contributed by atoms with Gasteiger partial charge in [0.05, 0.1) is 0 Å². The van der Waals surface area contributed by atoms with Crippen molar-refractivity contribution in [2.24, 2.45) is 11.8 Å². The lowest BCUT2D eigenvalue weighted by atomic mass is 9.99. The van der Waals surface area contributed by atoms with Crippen LogP contribution in [0.5, 0.6) is 0 Å². The van der Waals surface area contributed by atoms with E-state index in [9.17, 15) is 0 Å². The van der Waals surface area contributed by atoms with Gasteiger partial charge >= 0.3 is 0 Å². The van der Waals surface area contributed by atoms with Crippen LogP contribution in [0, 0.1) is 11.8 Å². The molecule has 0 aliphatic carbocycles. The zero-order valence-electron chi connectivity index (χ0n) is 21.4. The van der Waals surface area contributed by atoms with E-state index in [1.54, 1.807) is 0 Å². The summed E-state index contributed by atoms with van der Waals surface area (Å²) in [5.41, 5.74) is 0. The molecule has 2 atom stereocenters. The van der Waals surface area contributed by atoms with Crippen LogP contribution in [0.25, 0.3) is 0 Å². The Morgan fingerprint density at radius 1 is 0.310 bits per heavy atom. The average Bonchev–Trinajstić information content (AvgIpc) is 2.74. The molecule has 176 valence electrons. The van der Waals surface area contributed by atoms with Crippen LogP contribution in [0.15, 0.2) is 0 Å². The molecule has 0 saturated carbocycles. The minimum absolute atomic E-state index is 0.948. The molecule has 0 bridgehead atoms. The molecular weight excluding hydrogens is 348 g/mol. The number of hydrogen-bond donors (Lipinski definition) is 0. The Balaban J connectivity index is 3.03. The molecule has 0 heteroatoms. The molecule has 0 N–H and O–H groups in total. The Morgan fingerprint density at radius 3 is 0.655 bits per heavy atom. The van der Waals surface area contributed by atoms with Gasteiger partial charge in [0, 0.05) is 0 Å². The molecule has 0 rings (SSSR count). The van der Waals surface area contributed by atoms with E-state index in [1.807, 2.05) is 0 Å². The van der Waals surface area contributed by atoms with E-state index in [-0.39, 0.29) is 0 Å². The van der Waals surface area contributed by atoms with Gasteiger partial charge in [0.25, 0.3) is 0 Å². The van der Waals surface area contributed by atoms with E-state index in [0.717, 1.165) is 11.8 Å². The first-order chi connectivity index (χ1) is 14.2. The first-order valence-corrected chi connectivity index (χ1v) is 14.2. The number of rotatable bonds is 24. The summed E-state index contributed by atoms with van der Waals surface area (Å²) in [6.07, 6.45) is 33.8. The lowest BCUT2D eigenvalue weighted by molar-refractivity contribution is 0.467. The van der Waals surface area contributed by atoms with Gasteiger partial charge in [0.2, 0.25) is 0 Å². The Hall–Kier alpha value is 0. The van der Waals surface area contributed by atoms with Crippen molar-refractivity contribution in [1.29, 1.82) is 0 Å². The van der Waals surface area contributed by atoms with Crippen molar-refractivity contribution in [3.8, 4) is 0 Å². The lowest BCUT2D eigenvalue weighted by Crippen LogP contribution is -1.91. The summed E-state index contributed by atoms with van der Waals surface area (Å²) < 4.78 is 0. The number of unbranched alkanes of at least 4 members (excludes halogenated alkanes) is 18. The van der Waals surface area contributed by atoms with Gasteiger partial charge in [0.15, 0.2) is 0 Å². The molecule has 0 radical (unpaired) electrons. The summed E-state index contributed by atoms with van der Waals surface area (Å²) in [5, 5.41) is 0. The van der Waals surface area contributed by atoms with Gasteiger partial charge in [-0.25, -0.2) is 0 Å². The third-order valence-electron chi connectivity index (χ3n) is 7.29. The summed E-state index contributed by atoms with van der Waals surface area (Å²) in [4.78, 5) is 0. The topological polar surface area (TPSA) is 0 Å². The first kappa shape index (κ1) is 29.0. The van der Waals surface area contributed by atoms with Crippen molar-refractivity contribution in [2.75, 3.05) is 0 Å². The normalized spacial score (nSPS) is 13.7. The quantitative estimate of drug-likeness (QED) is 0.139. The van der Waals surface area contributed by atoms with Gasteiger partial charge in [-0.15, -0.1) is 0 Å². The van der Waals surface area contributed by atoms with E-state index < -0.39 is 0 Å². The van der Waals surface area contributed by atoms with Crippen molar-refractivity contribution < 1.29 is 0 Å². The molecule has 2 unspecified atom stereocenters. The highest BCUT2D eigenvalue weighted by Crippen LogP contribution is 2.17. The zero-order valence-corrected chi connectivity index (χ0v) is 21.4. The molecule has 0 aromatic rings. The fourth-order valence-electron chi connectivity index (χ4n) is 4.40. The fourth-order valence-corrected chi connectivity index (χ4v) is 4.40. The fraction of sp³-hybridized carbons (Fsp3) is 1.00. The van der Waals surface area contributed by atoms with Gasteiger partial charge in [-0.2, -0.15) is 0 Å². The van der Waals surface area contributed by atoms with Crippen LogP contribution in [0.4, 0.5) is 0 Å². The molecule has 0 fully saturated rings. The maximum absolute atomic E-state index is 2.40. The second-order valence-corrected chi connectivity index (χ2v) is 10.3. The highest BCUT2D eigenvalue weighted by molar-refractivity contribution is 4.54. The Morgan fingerprint density at radius 2 is 0.483 bits per heavy atom. The summed E-state index contributed by atoms with van der Waals surface area (Å²) in [5.74, 6) is 1.90. The maximum atomic E-state index is 2.40. The van der Waals surface area contributed by atoms with Gasteiger partial charge in [-0.05, 0) is 11.8 Å². The molecule has 0 amide bonds. The summed E-state index contributed by atoms with van der Waals surface area (Å²) in [7, 11) is 0. The molecule has 29 heavy (non-hydrogen) atoms. The second-order valence-electron chi connectivity index (χ2n) is 10.3. The third kappa shape index (κ3) is 24.1. The van der Waals surface area contributed by atoms with E-state index in [0.29, 0.717) is 0 Å². The summed E-state index contributed by atoms with van der Waals surface area (Å²) in [6, 6.07) is 0. The van der Waals surface area contributed by atoms with E-state index >= 15 is 0 Å². The van der Waals surface area contributed by atoms with Crippen LogP contribution in [-0.2, 0) is 0 Å². The van der Waals surface area contributed by atoms with Crippen molar-refractivity contribution >= 4 is 0 Å². The van der Waals surface area contributed by atoms with Crippen LogP contribution in [0.3, 0.4) is 0 Å². The van der Waals surface area contributed by atoms with Crippen molar-refractivity contribution in [3.63, 3.8) is 0 Å². The van der Waals surface area contributed by atoms with Crippen molar-refractivity contribution in [3.05, 3.63) is 0 Å². The number of hydrogen-bond acceptors (Lipinski definition) is 0. The smallest absolute Gasteiger partial charge is 0.0445 e. The predicted molar refractivity (Wildman–Crippen MR) is 136 cm³/mol. The molecule has 0 spiro atoms. The van der Waals surface area contributed by atoms with Gasteiger partial charge in [-0.3, -0.25) is 0 Å². The Labute approximate surface area is 187 Å². The first-order valence-electron chi connectivity index (χ1n) is 14.2. The van der Waals surface area contributed by atoms with Crippen LogP contribution < -0.4 is 0 Å². The van der Waals surface area contributed by atoms with E-state index in [4.69, 9.17) is 0 Å². The second kappa shape index (κ2) is 24.3. The van der Waals surface area contributed by atoms with Crippen LogP contribution in [0.1, 0.15) is 175 Å². The van der Waals surface area contributed by atoms with Gasteiger partial charge in [-0.1, -0.05) is 175 Å². The summed E-state index contributed by atoms with van der Waals surface area (Å²) >= 11 is 0. The van der Waals surface area contributed by atoms with Crippen LogP contribution >= 0.6 is 0 Å². The third-order valence-corrected chi connectivity index (χ3v) is 7.29. The van der Waals surface area contributed by atoms with Crippen molar-refractivity contribution in [2.45, 2.75) is 175 Å². The SMILES string of the molecule is CCC(C)CCCCCCCCCCCCCCCCCCCCCC(C)CC. The monoisotopic (exact) mass is 408 g/mol. The molecule has 0 aliphatic heterocycles. The molecule has 0 aliphatic rings. The Bertz CT molecular complexity index is 254. The van der Waals surface area contributed by atoms with Crippen LogP contribution in [-0.4, -0.2) is 0 Å². The largest absolute Gasteiger partial charge is 0.0651 e. The van der Waals surface area contributed by atoms with Crippen LogP contribution in [0.2, 0.25) is 0 Å². The zero-order chi connectivity index (χ0) is 21.4. The van der Waals surface area contributed by atoms with Gasteiger partial charge < -0.3 is 0 Å². The average molecular weight is 409 g/mol. The maximum Gasteiger partial charge on any atom is -0.0445 e.